The molecule has 0 aromatic heterocycles. The van der Waals surface area contributed by atoms with E-state index in [9.17, 15) is 18.6 Å². The van der Waals surface area contributed by atoms with Crippen molar-refractivity contribution in [3.8, 4) is 5.75 Å². The summed E-state index contributed by atoms with van der Waals surface area (Å²) in [5, 5.41) is 20.9. The number of morpholine rings is 1. The van der Waals surface area contributed by atoms with E-state index in [0.29, 0.717) is 56.2 Å². The molecule has 1 aromatic carbocycles. The SMILES string of the molecule is C[C@]12CC[C@@H]3c4ccc(OS(=O)(=O)N5CCOCC5)cc4CC[C@H]3[C@@H]1C[C@@H](O)[C@@H]2O. The fourth-order valence-corrected chi connectivity index (χ4v) is 7.59. The third kappa shape index (κ3) is 3.28. The van der Waals surface area contributed by atoms with Gasteiger partial charge < -0.3 is 19.1 Å². The molecule has 3 fully saturated rings. The number of hydrogen-bond acceptors (Lipinski definition) is 6. The highest BCUT2D eigenvalue weighted by atomic mass is 32.2. The topological polar surface area (TPSA) is 96.3 Å². The van der Waals surface area contributed by atoms with Crippen molar-refractivity contribution in [3.63, 3.8) is 0 Å². The highest BCUT2D eigenvalue weighted by molar-refractivity contribution is 7.84. The molecule has 0 amide bonds. The highest BCUT2D eigenvalue weighted by Crippen LogP contribution is 2.60. The molecule has 166 valence electrons. The number of fused-ring (bicyclic) bond motifs is 5. The molecule has 1 saturated heterocycles. The van der Waals surface area contributed by atoms with E-state index in [-0.39, 0.29) is 5.41 Å². The van der Waals surface area contributed by atoms with E-state index in [1.54, 1.807) is 6.07 Å². The smallest absolute Gasteiger partial charge is 0.385 e. The number of ether oxygens (including phenoxy) is 1. The zero-order chi connectivity index (χ0) is 21.1. The summed E-state index contributed by atoms with van der Waals surface area (Å²) < 4.78 is 37.1. The minimum absolute atomic E-state index is 0.201. The Morgan fingerprint density at radius 2 is 1.97 bits per heavy atom. The second-order valence-electron chi connectivity index (χ2n) is 9.62. The van der Waals surface area contributed by atoms with Crippen LogP contribution in [0.3, 0.4) is 0 Å². The molecule has 3 aliphatic carbocycles. The molecule has 1 heterocycles. The molecule has 30 heavy (non-hydrogen) atoms. The van der Waals surface area contributed by atoms with E-state index in [2.05, 4.69) is 6.92 Å². The maximum Gasteiger partial charge on any atom is 0.385 e. The largest absolute Gasteiger partial charge is 0.390 e. The van der Waals surface area contributed by atoms with Crippen LogP contribution in [0.25, 0.3) is 0 Å². The van der Waals surface area contributed by atoms with Crippen LogP contribution in [0.4, 0.5) is 0 Å². The molecular formula is C22H31NO6S. The third-order valence-corrected chi connectivity index (χ3v) is 9.56. The number of aliphatic hydroxyl groups excluding tert-OH is 2. The second kappa shape index (κ2) is 7.45. The first-order chi connectivity index (χ1) is 14.3. The van der Waals surface area contributed by atoms with Crippen LogP contribution in [0.5, 0.6) is 5.75 Å². The molecule has 2 N–H and O–H groups in total. The van der Waals surface area contributed by atoms with Crippen LogP contribution in [-0.2, 0) is 21.5 Å². The zero-order valence-electron chi connectivity index (χ0n) is 17.4. The fraction of sp³-hybridized carbons (Fsp3) is 0.727. The van der Waals surface area contributed by atoms with Crippen LogP contribution in [0.2, 0.25) is 0 Å². The molecule has 8 heteroatoms. The number of benzene rings is 1. The number of hydrogen-bond donors (Lipinski definition) is 2. The molecule has 6 atom stereocenters. The van der Waals surface area contributed by atoms with E-state index in [1.807, 2.05) is 12.1 Å². The van der Waals surface area contributed by atoms with Crippen molar-refractivity contribution in [3.05, 3.63) is 29.3 Å². The maximum absolute atomic E-state index is 12.6. The molecule has 0 spiro atoms. The van der Waals surface area contributed by atoms with Gasteiger partial charge in [0.1, 0.15) is 5.75 Å². The summed E-state index contributed by atoms with van der Waals surface area (Å²) in [6, 6.07) is 5.68. The molecule has 7 nitrogen and oxygen atoms in total. The Balaban J connectivity index is 1.36. The normalized spacial score (nSPS) is 39.1. The van der Waals surface area contributed by atoms with E-state index in [0.717, 1.165) is 31.2 Å². The number of nitrogens with zero attached hydrogens (tertiary/aromatic N) is 1. The predicted molar refractivity (Wildman–Crippen MR) is 110 cm³/mol. The van der Waals surface area contributed by atoms with Crippen LogP contribution in [0.1, 0.15) is 49.7 Å². The predicted octanol–water partition coefficient (Wildman–Crippen LogP) is 1.83. The monoisotopic (exact) mass is 437 g/mol. The Hall–Kier alpha value is -1.19. The standard InChI is InChI=1S/C22H31NO6S/c1-22-7-6-17-16-5-3-15(29-30(26,27)23-8-10-28-11-9-23)12-14(16)2-4-18(17)19(22)13-20(24)21(22)25/h3,5,12,17-21,24-25H,2,4,6-11,13H2,1H3/t17-,18-,19+,20-,21+,22+/m1/s1. The van der Waals surface area contributed by atoms with Gasteiger partial charge in [-0.15, -0.1) is 0 Å². The molecule has 4 aliphatic rings. The summed E-state index contributed by atoms with van der Waals surface area (Å²) in [6.07, 6.45) is 3.17. The number of aryl methyl sites for hydroxylation is 1. The summed E-state index contributed by atoms with van der Waals surface area (Å²) >= 11 is 0. The molecule has 0 radical (unpaired) electrons. The van der Waals surface area contributed by atoms with Crippen molar-refractivity contribution < 1.29 is 27.6 Å². The van der Waals surface area contributed by atoms with E-state index >= 15 is 0 Å². The van der Waals surface area contributed by atoms with Crippen molar-refractivity contribution >= 4 is 10.3 Å². The van der Waals surface area contributed by atoms with Crippen LogP contribution in [0.15, 0.2) is 18.2 Å². The Labute approximate surface area is 178 Å². The van der Waals surface area contributed by atoms with E-state index in [4.69, 9.17) is 8.92 Å². The third-order valence-electron chi connectivity index (χ3n) is 8.16. The van der Waals surface area contributed by atoms with Gasteiger partial charge in [0.15, 0.2) is 0 Å². The fourth-order valence-electron chi connectivity index (χ4n) is 6.54. The average molecular weight is 438 g/mol. The Bertz CT molecular complexity index is 914. The lowest BCUT2D eigenvalue weighted by atomic mass is 9.55. The molecule has 0 bridgehead atoms. The van der Waals surface area contributed by atoms with Crippen molar-refractivity contribution in [2.45, 2.75) is 57.2 Å². The Morgan fingerprint density at radius 1 is 1.20 bits per heavy atom. The Morgan fingerprint density at radius 3 is 2.73 bits per heavy atom. The first kappa shape index (κ1) is 20.7. The van der Waals surface area contributed by atoms with E-state index in [1.165, 1.54) is 9.87 Å². The minimum Gasteiger partial charge on any atom is -0.390 e. The molecular weight excluding hydrogens is 406 g/mol. The first-order valence-corrected chi connectivity index (χ1v) is 12.4. The molecule has 5 rings (SSSR count). The van der Waals surface area contributed by atoms with Gasteiger partial charge in [0.2, 0.25) is 0 Å². The van der Waals surface area contributed by atoms with Gasteiger partial charge in [-0.05, 0) is 78.5 Å². The summed E-state index contributed by atoms with van der Waals surface area (Å²) in [4.78, 5) is 0. The number of rotatable bonds is 3. The van der Waals surface area contributed by atoms with E-state index < -0.39 is 22.5 Å². The lowest BCUT2D eigenvalue weighted by molar-refractivity contribution is -0.0505. The lowest BCUT2D eigenvalue weighted by Gasteiger charge is -2.49. The first-order valence-electron chi connectivity index (χ1n) is 11.1. The Kier molecular flexibility index (Phi) is 5.14. The zero-order valence-corrected chi connectivity index (χ0v) is 18.2. The van der Waals surface area contributed by atoms with Gasteiger partial charge in [0.25, 0.3) is 0 Å². The van der Waals surface area contributed by atoms with Crippen LogP contribution in [-0.4, -0.2) is 61.4 Å². The van der Waals surface area contributed by atoms with Crippen LogP contribution < -0.4 is 4.18 Å². The summed E-state index contributed by atoms with van der Waals surface area (Å²) in [5.41, 5.74) is 2.24. The van der Waals surface area contributed by atoms with Crippen LogP contribution in [0, 0.1) is 17.3 Å². The molecule has 1 aromatic rings. The number of aliphatic hydroxyl groups is 2. The minimum atomic E-state index is -3.82. The van der Waals surface area contributed by atoms with Crippen LogP contribution >= 0.6 is 0 Å². The molecule has 0 unspecified atom stereocenters. The molecule has 1 aliphatic heterocycles. The summed E-state index contributed by atoms with van der Waals surface area (Å²) in [6.45, 7) is 3.54. The van der Waals surface area contributed by atoms with Gasteiger partial charge >= 0.3 is 10.3 Å². The van der Waals surface area contributed by atoms with Crippen molar-refractivity contribution in [1.29, 1.82) is 0 Å². The van der Waals surface area contributed by atoms with Gasteiger partial charge in [-0.1, -0.05) is 13.0 Å². The highest BCUT2D eigenvalue weighted by Gasteiger charge is 2.57. The van der Waals surface area contributed by atoms with Crippen molar-refractivity contribution in [2.24, 2.45) is 17.3 Å². The second-order valence-corrected chi connectivity index (χ2v) is 11.2. The average Bonchev–Trinajstić information content (AvgIpc) is 2.97. The van der Waals surface area contributed by atoms with Gasteiger partial charge in [0.05, 0.1) is 25.4 Å². The molecule has 2 saturated carbocycles. The quantitative estimate of drug-likeness (QED) is 0.749. The van der Waals surface area contributed by atoms with Crippen molar-refractivity contribution in [1.82, 2.24) is 4.31 Å². The van der Waals surface area contributed by atoms with Gasteiger partial charge in [0, 0.05) is 13.1 Å². The summed E-state index contributed by atoms with van der Waals surface area (Å²) in [7, 11) is -3.82. The maximum atomic E-state index is 12.6. The lowest BCUT2D eigenvalue weighted by Crippen LogP contribution is -2.44. The summed E-state index contributed by atoms with van der Waals surface area (Å²) in [5.74, 6) is 1.54. The van der Waals surface area contributed by atoms with Gasteiger partial charge in [-0.3, -0.25) is 0 Å². The van der Waals surface area contributed by atoms with Crippen molar-refractivity contribution in [2.75, 3.05) is 26.3 Å². The van der Waals surface area contributed by atoms with Gasteiger partial charge in [-0.25, -0.2) is 0 Å². The van der Waals surface area contributed by atoms with Gasteiger partial charge in [-0.2, -0.15) is 12.7 Å².